The first-order chi connectivity index (χ1) is 12.6. The lowest BCUT2D eigenvalue weighted by molar-refractivity contribution is 0.00568. The van der Waals surface area contributed by atoms with Crippen LogP contribution in [0.15, 0.2) is 22.7 Å². The van der Waals surface area contributed by atoms with Crippen LogP contribution in [-0.4, -0.2) is 52.0 Å². The quantitative estimate of drug-likeness (QED) is 0.479. The highest BCUT2D eigenvalue weighted by atomic mass is 127. The second kappa shape index (κ2) is 7.69. The fraction of sp³-hybridized carbons (Fsp3) is 0.526. The highest BCUT2D eigenvalue weighted by Crippen LogP contribution is 2.33. The number of carbonyl (C=O) groups is 1. The minimum Gasteiger partial charge on any atom is -0.444 e. The number of nitrogens with zero attached hydrogens (tertiary/aromatic N) is 4. The Hall–Kier alpha value is -1.16. The Morgan fingerprint density at radius 3 is 2.44 bits per heavy atom. The summed E-state index contributed by atoms with van der Waals surface area (Å²) < 4.78 is 7.39. The Morgan fingerprint density at radius 1 is 1.22 bits per heavy atom. The van der Waals surface area contributed by atoms with Gasteiger partial charge in [-0.15, -0.1) is 10.2 Å². The van der Waals surface area contributed by atoms with Gasteiger partial charge in [-0.25, -0.2) is 4.79 Å². The van der Waals surface area contributed by atoms with E-state index >= 15 is 0 Å². The molecule has 2 atom stereocenters. The number of anilines is 1. The molecule has 3 rings (SSSR count). The predicted octanol–water partition coefficient (Wildman–Crippen LogP) is 4.83. The number of hydrogen-bond donors (Lipinski definition) is 0. The van der Waals surface area contributed by atoms with Crippen molar-refractivity contribution in [3.8, 4) is 0 Å². The Bertz CT molecular complexity index is 859. The molecule has 0 saturated carbocycles. The van der Waals surface area contributed by atoms with Crippen molar-refractivity contribution in [1.29, 1.82) is 0 Å². The van der Waals surface area contributed by atoms with E-state index in [0.29, 0.717) is 0 Å². The summed E-state index contributed by atoms with van der Waals surface area (Å²) in [5.74, 6) is 0. The van der Waals surface area contributed by atoms with Crippen LogP contribution in [0.1, 0.15) is 34.6 Å². The van der Waals surface area contributed by atoms with Gasteiger partial charge in [0.1, 0.15) is 14.8 Å². The number of fused-ring (bicyclic) bond motifs is 1. The van der Waals surface area contributed by atoms with E-state index in [9.17, 15) is 4.79 Å². The van der Waals surface area contributed by atoms with Crippen molar-refractivity contribution in [3.63, 3.8) is 0 Å². The van der Waals surface area contributed by atoms with Gasteiger partial charge < -0.3 is 9.64 Å². The lowest BCUT2D eigenvalue weighted by Gasteiger charge is -2.45. The summed E-state index contributed by atoms with van der Waals surface area (Å²) in [7, 11) is 0. The van der Waals surface area contributed by atoms with Crippen LogP contribution in [0.2, 0.25) is 0 Å². The first kappa shape index (κ1) is 20.6. The monoisotopic (exact) mass is 546 g/mol. The van der Waals surface area contributed by atoms with Crippen LogP contribution < -0.4 is 4.90 Å². The molecule has 6 nitrogen and oxygen atoms in total. The number of carbonyl (C=O) groups excluding carboxylic acids is 1. The number of benzene rings is 1. The van der Waals surface area contributed by atoms with Gasteiger partial charge in [-0.2, -0.15) is 0 Å². The maximum atomic E-state index is 12.6. The molecule has 2 aromatic rings. The second-order valence-electron chi connectivity index (χ2n) is 7.99. The molecular formula is C19H24BrIN4O2. The van der Waals surface area contributed by atoms with Crippen molar-refractivity contribution in [1.82, 2.24) is 15.1 Å². The predicted molar refractivity (Wildman–Crippen MR) is 119 cm³/mol. The molecule has 146 valence electrons. The third-order valence-electron chi connectivity index (χ3n) is 4.52. The molecule has 1 aliphatic rings. The summed E-state index contributed by atoms with van der Waals surface area (Å²) in [5, 5.41) is 9.58. The van der Waals surface area contributed by atoms with Crippen LogP contribution in [0, 0.1) is 3.70 Å². The van der Waals surface area contributed by atoms with E-state index in [1.54, 1.807) is 0 Å². The van der Waals surface area contributed by atoms with Gasteiger partial charge in [0.25, 0.3) is 0 Å². The summed E-state index contributed by atoms with van der Waals surface area (Å²) >= 11 is 5.75. The molecule has 0 bridgehead atoms. The van der Waals surface area contributed by atoms with Crippen molar-refractivity contribution in [2.45, 2.75) is 52.3 Å². The highest BCUT2D eigenvalue weighted by molar-refractivity contribution is 14.1. The Balaban J connectivity index is 1.90. The maximum absolute atomic E-state index is 12.6. The summed E-state index contributed by atoms with van der Waals surface area (Å²) in [4.78, 5) is 16.8. The summed E-state index contributed by atoms with van der Waals surface area (Å²) in [6.07, 6.45) is -0.247. The molecule has 8 heteroatoms. The van der Waals surface area contributed by atoms with Crippen molar-refractivity contribution in [2.24, 2.45) is 0 Å². The van der Waals surface area contributed by atoms with Crippen LogP contribution >= 0.6 is 38.5 Å². The number of aromatic nitrogens is 2. The van der Waals surface area contributed by atoms with Gasteiger partial charge >= 0.3 is 6.09 Å². The first-order valence-electron chi connectivity index (χ1n) is 8.94. The van der Waals surface area contributed by atoms with Crippen molar-refractivity contribution in [3.05, 3.63) is 26.4 Å². The van der Waals surface area contributed by atoms with E-state index in [1.807, 2.05) is 31.7 Å². The van der Waals surface area contributed by atoms with Gasteiger partial charge in [-0.3, -0.25) is 4.90 Å². The van der Waals surface area contributed by atoms with Gasteiger partial charge in [0.05, 0.1) is 12.1 Å². The van der Waals surface area contributed by atoms with Gasteiger partial charge in [-0.1, -0.05) is 0 Å². The zero-order valence-electron chi connectivity index (χ0n) is 16.2. The number of rotatable bonds is 1. The Kier molecular flexibility index (Phi) is 5.86. The number of ether oxygens (including phenoxy) is 1. The average Bonchev–Trinajstić information content (AvgIpc) is 2.52. The molecule has 27 heavy (non-hydrogen) atoms. The zero-order valence-corrected chi connectivity index (χ0v) is 19.9. The number of halogens is 2. The molecule has 0 spiro atoms. The normalized spacial score (nSPS) is 20.9. The van der Waals surface area contributed by atoms with E-state index in [0.717, 1.165) is 37.9 Å². The summed E-state index contributed by atoms with van der Waals surface area (Å²) in [5.41, 5.74) is 1.47. The molecule has 1 saturated heterocycles. The highest BCUT2D eigenvalue weighted by Gasteiger charge is 2.36. The molecule has 1 aliphatic heterocycles. The van der Waals surface area contributed by atoms with Crippen LogP contribution in [0.25, 0.3) is 10.9 Å². The average molecular weight is 547 g/mol. The Labute approximate surface area is 181 Å². The molecule has 1 aromatic heterocycles. The van der Waals surface area contributed by atoms with Gasteiger partial charge in [0.2, 0.25) is 0 Å². The smallest absolute Gasteiger partial charge is 0.410 e. The Morgan fingerprint density at radius 2 is 1.85 bits per heavy atom. The SMILES string of the molecule is CC1CN(c2ccc(Br)c3nnc(I)cc23)C[C@H](C)N1C(=O)OC(C)(C)C. The summed E-state index contributed by atoms with van der Waals surface area (Å²) in [6, 6.07) is 6.24. The van der Waals surface area contributed by atoms with Crippen LogP contribution in [0.3, 0.4) is 0 Å². The van der Waals surface area contributed by atoms with Crippen molar-refractivity contribution >= 4 is 61.2 Å². The molecule has 0 radical (unpaired) electrons. The standard InChI is InChI=1S/C19H24BrIN4O2/c1-11-9-24(10-12(2)25(11)18(26)27-19(3,4)5)15-7-6-14(20)17-13(15)8-16(21)22-23-17/h6-8,11-12H,9-10H2,1-5H3/t11-,12?/m0/s1. The van der Waals surface area contributed by atoms with Crippen molar-refractivity contribution in [2.75, 3.05) is 18.0 Å². The second-order valence-corrected chi connectivity index (χ2v) is 9.95. The lowest BCUT2D eigenvalue weighted by atomic mass is 10.1. The third kappa shape index (κ3) is 4.47. The minimum absolute atomic E-state index is 0.0381. The zero-order chi connectivity index (χ0) is 19.9. The van der Waals surface area contributed by atoms with E-state index in [4.69, 9.17) is 4.74 Å². The van der Waals surface area contributed by atoms with E-state index in [-0.39, 0.29) is 18.2 Å². The molecule has 1 fully saturated rings. The van der Waals surface area contributed by atoms with Gasteiger partial charge in [0.15, 0.2) is 0 Å². The van der Waals surface area contributed by atoms with E-state index in [1.165, 1.54) is 0 Å². The van der Waals surface area contributed by atoms with Gasteiger partial charge in [-0.05, 0) is 91.3 Å². The molecule has 1 amide bonds. The molecular weight excluding hydrogens is 523 g/mol. The van der Waals surface area contributed by atoms with E-state index < -0.39 is 5.60 Å². The summed E-state index contributed by atoms with van der Waals surface area (Å²) in [6.45, 7) is 11.3. The van der Waals surface area contributed by atoms with Crippen LogP contribution in [0.4, 0.5) is 10.5 Å². The fourth-order valence-electron chi connectivity index (χ4n) is 3.53. The van der Waals surface area contributed by atoms with Crippen LogP contribution in [0.5, 0.6) is 0 Å². The number of hydrogen-bond acceptors (Lipinski definition) is 5. The topological polar surface area (TPSA) is 58.6 Å². The number of piperazine rings is 1. The fourth-order valence-corrected chi connectivity index (χ4v) is 4.37. The molecule has 0 aliphatic carbocycles. The molecule has 1 aromatic carbocycles. The third-order valence-corrected chi connectivity index (χ3v) is 5.68. The molecule has 0 N–H and O–H groups in total. The molecule has 1 unspecified atom stereocenters. The van der Waals surface area contributed by atoms with Crippen molar-refractivity contribution < 1.29 is 9.53 Å². The maximum Gasteiger partial charge on any atom is 0.410 e. The largest absolute Gasteiger partial charge is 0.444 e. The first-order valence-corrected chi connectivity index (χ1v) is 10.8. The molecule has 2 heterocycles. The number of amides is 1. The van der Waals surface area contributed by atoms with Gasteiger partial charge in [0, 0.05) is 28.6 Å². The van der Waals surface area contributed by atoms with E-state index in [2.05, 4.69) is 79.6 Å². The lowest BCUT2D eigenvalue weighted by Crippen LogP contribution is -2.59. The minimum atomic E-state index is -0.495. The van der Waals surface area contributed by atoms with Crippen LogP contribution in [-0.2, 0) is 4.74 Å².